The Hall–Kier alpha value is -0.680. The number of carbonyl (C=O) groups is 1. The molecule has 0 radical (unpaired) electrons. The number of ether oxygens (including phenoxy) is 1. The lowest BCUT2D eigenvalue weighted by molar-refractivity contribution is -0.139. The standard InChI is InChI=1S/C5H9NO3S/c1-3-10(8)6-4-5(7)9-2/h3,6H,1,4H2,2H3. The van der Waals surface area contributed by atoms with Gasteiger partial charge in [-0.05, 0) is 0 Å². The summed E-state index contributed by atoms with van der Waals surface area (Å²) in [4.78, 5) is 10.4. The van der Waals surface area contributed by atoms with Gasteiger partial charge in [0.05, 0.1) is 7.11 Å². The predicted molar refractivity (Wildman–Crippen MR) is 38.4 cm³/mol. The molecule has 58 valence electrons. The molecule has 1 N–H and O–H groups in total. The summed E-state index contributed by atoms with van der Waals surface area (Å²) in [6.45, 7) is 3.19. The first-order valence-corrected chi connectivity index (χ1v) is 3.75. The molecule has 5 heteroatoms. The number of hydrogen-bond donors (Lipinski definition) is 1. The third-order valence-corrected chi connectivity index (χ3v) is 1.47. The Balaban J connectivity index is 3.44. The van der Waals surface area contributed by atoms with E-state index in [1.54, 1.807) is 0 Å². The number of esters is 1. The van der Waals surface area contributed by atoms with Crippen molar-refractivity contribution in [3.05, 3.63) is 12.0 Å². The van der Waals surface area contributed by atoms with Crippen LogP contribution < -0.4 is 4.72 Å². The van der Waals surface area contributed by atoms with E-state index in [0.717, 1.165) is 0 Å². The van der Waals surface area contributed by atoms with Crippen molar-refractivity contribution in [1.82, 2.24) is 4.72 Å². The molecule has 0 saturated carbocycles. The molecule has 0 heterocycles. The van der Waals surface area contributed by atoms with Gasteiger partial charge in [-0.1, -0.05) is 6.58 Å². The molecule has 0 aliphatic heterocycles. The maximum atomic E-state index is 10.5. The Kier molecular flexibility index (Phi) is 4.78. The Morgan fingerprint density at radius 3 is 2.90 bits per heavy atom. The molecule has 0 aliphatic rings. The molecular formula is C5H9NO3S. The minimum absolute atomic E-state index is 0.0604. The molecule has 0 aromatic rings. The van der Waals surface area contributed by atoms with Crippen molar-refractivity contribution in [3.63, 3.8) is 0 Å². The van der Waals surface area contributed by atoms with E-state index in [1.165, 1.54) is 12.5 Å². The van der Waals surface area contributed by atoms with Crippen molar-refractivity contribution in [2.45, 2.75) is 0 Å². The van der Waals surface area contributed by atoms with Gasteiger partial charge in [0.2, 0.25) is 0 Å². The van der Waals surface area contributed by atoms with Crippen LogP contribution in [0.5, 0.6) is 0 Å². The van der Waals surface area contributed by atoms with Crippen LogP contribution >= 0.6 is 0 Å². The first-order valence-electron chi connectivity index (χ1n) is 2.54. The fourth-order valence-corrected chi connectivity index (χ4v) is 0.639. The van der Waals surface area contributed by atoms with Gasteiger partial charge < -0.3 is 4.74 Å². The molecule has 1 atom stereocenters. The lowest BCUT2D eigenvalue weighted by atomic mass is 10.7. The molecule has 0 aromatic carbocycles. The molecule has 0 saturated heterocycles. The molecule has 4 nitrogen and oxygen atoms in total. The van der Waals surface area contributed by atoms with Crippen molar-refractivity contribution >= 4 is 17.0 Å². The van der Waals surface area contributed by atoms with Crippen LogP contribution in [-0.2, 0) is 20.5 Å². The van der Waals surface area contributed by atoms with E-state index in [2.05, 4.69) is 16.0 Å². The number of nitrogens with one attached hydrogen (secondary N) is 1. The summed E-state index contributed by atoms with van der Waals surface area (Å²) in [5, 5.41) is 1.20. The van der Waals surface area contributed by atoms with Crippen molar-refractivity contribution in [1.29, 1.82) is 0 Å². The van der Waals surface area contributed by atoms with E-state index < -0.39 is 17.0 Å². The first-order chi connectivity index (χ1) is 4.70. The smallest absolute Gasteiger partial charge is 0.320 e. The molecule has 0 bridgehead atoms. The van der Waals surface area contributed by atoms with Crippen LogP contribution in [0.15, 0.2) is 12.0 Å². The van der Waals surface area contributed by atoms with Gasteiger partial charge in [-0.3, -0.25) is 4.79 Å². The quantitative estimate of drug-likeness (QED) is 0.571. The van der Waals surface area contributed by atoms with Gasteiger partial charge in [0.15, 0.2) is 0 Å². The van der Waals surface area contributed by atoms with Gasteiger partial charge >= 0.3 is 5.97 Å². The predicted octanol–water partition coefficient (Wildman–Crippen LogP) is -0.444. The lowest BCUT2D eigenvalue weighted by Crippen LogP contribution is -2.24. The maximum absolute atomic E-state index is 10.5. The summed E-state index contributed by atoms with van der Waals surface area (Å²) in [5.41, 5.74) is 0. The zero-order valence-electron chi connectivity index (χ0n) is 5.62. The third-order valence-electron chi connectivity index (χ3n) is 0.738. The van der Waals surface area contributed by atoms with E-state index in [0.29, 0.717) is 0 Å². The number of carbonyl (C=O) groups excluding carboxylic acids is 1. The molecule has 0 aliphatic carbocycles. The largest absolute Gasteiger partial charge is 0.468 e. The van der Waals surface area contributed by atoms with Crippen molar-refractivity contribution in [2.24, 2.45) is 0 Å². The highest BCUT2D eigenvalue weighted by molar-refractivity contribution is 7.86. The molecular weight excluding hydrogens is 154 g/mol. The second-order valence-corrected chi connectivity index (χ2v) is 2.58. The van der Waals surface area contributed by atoms with Crippen LogP contribution in [0.2, 0.25) is 0 Å². The van der Waals surface area contributed by atoms with Gasteiger partial charge in [-0.2, -0.15) is 0 Å². The summed E-state index contributed by atoms with van der Waals surface area (Å²) >= 11 is 0. The topological polar surface area (TPSA) is 55.4 Å². The van der Waals surface area contributed by atoms with E-state index >= 15 is 0 Å². The van der Waals surface area contributed by atoms with Gasteiger partial charge in [0.1, 0.15) is 17.5 Å². The molecule has 0 aromatic heterocycles. The van der Waals surface area contributed by atoms with Gasteiger partial charge in [-0.15, -0.1) is 0 Å². The Morgan fingerprint density at radius 1 is 1.90 bits per heavy atom. The van der Waals surface area contributed by atoms with E-state index in [1.807, 2.05) is 0 Å². The number of rotatable bonds is 4. The monoisotopic (exact) mass is 163 g/mol. The molecule has 0 fully saturated rings. The van der Waals surface area contributed by atoms with Crippen LogP contribution in [0.4, 0.5) is 0 Å². The highest BCUT2D eigenvalue weighted by Crippen LogP contribution is 1.75. The summed E-state index contributed by atoms with van der Waals surface area (Å²) in [7, 11) is -0.0714. The van der Waals surface area contributed by atoms with Crippen LogP contribution in [0.1, 0.15) is 0 Å². The zero-order chi connectivity index (χ0) is 7.98. The second-order valence-electron chi connectivity index (χ2n) is 1.36. The van der Waals surface area contributed by atoms with Crippen LogP contribution in [0.3, 0.4) is 0 Å². The molecule has 10 heavy (non-hydrogen) atoms. The van der Waals surface area contributed by atoms with Gasteiger partial charge in [0, 0.05) is 5.41 Å². The summed E-state index contributed by atoms with van der Waals surface area (Å²) < 4.78 is 17.1. The van der Waals surface area contributed by atoms with Crippen LogP contribution in [-0.4, -0.2) is 23.8 Å². The number of methoxy groups -OCH3 is 1. The van der Waals surface area contributed by atoms with E-state index in [-0.39, 0.29) is 6.54 Å². The fourth-order valence-electron chi connectivity index (χ4n) is 0.261. The average Bonchev–Trinajstić information content (AvgIpc) is 1.99. The molecule has 0 amide bonds. The SMILES string of the molecule is C=CS(=O)NCC(=O)OC. The Labute approximate surface area is 61.8 Å². The summed E-state index contributed by atoms with van der Waals surface area (Å²) in [6.07, 6.45) is 0. The van der Waals surface area contributed by atoms with Gasteiger partial charge in [-0.25, -0.2) is 8.93 Å². The highest BCUT2D eigenvalue weighted by Gasteiger charge is 1.99. The van der Waals surface area contributed by atoms with Crippen LogP contribution in [0, 0.1) is 0 Å². The first kappa shape index (κ1) is 9.32. The van der Waals surface area contributed by atoms with Crippen LogP contribution in [0.25, 0.3) is 0 Å². The van der Waals surface area contributed by atoms with E-state index in [4.69, 9.17) is 0 Å². The minimum atomic E-state index is -1.34. The normalized spacial score (nSPS) is 12.1. The lowest BCUT2D eigenvalue weighted by Gasteiger charge is -1.97. The summed E-state index contributed by atoms with van der Waals surface area (Å²) in [6, 6.07) is 0. The Bertz CT molecular complexity index is 157. The molecule has 0 rings (SSSR count). The fraction of sp³-hybridized carbons (Fsp3) is 0.400. The van der Waals surface area contributed by atoms with Crippen molar-refractivity contribution < 1.29 is 13.7 Å². The summed E-state index contributed by atoms with van der Waals surface area (Å²) in [5.74, 6) is -0.449. The number of hydrogen-bond acceptors (Lipinski definition) is 3. The van der Waals surface area contributed by atoms with Crippen molar-refractivity contribution in [3.8, 4) is 0 Å². The third kappa shape index (κ3) is 4.22. The molecule has 0 spiro atoms. The average molecular weight is 163 g/mol. The van der Waals surface area contributed by atoms with Gasteiger partial charge in [0.25, 0.3) is 0 Å². The van der Waals surface area contributed by atoms with Crippen molar-refractivity contribution in [2.75, 3.05) is 13.7 Å². The zero-order valence-corrected chi connectivity index (χ0v) is 6.44. The van der Waals surface area contributed by atoms with E-state index in [9.17, 15) is 9.00 Å². The minimum Gasteiger partial charge on any atom is -0.468 e. The highest BCUT2D eigenvalue weighted by atomic mass is 32.2. The second kappa shape index (κ2) is 5.13. The Morgan fingerprint density at radius 2 is 2.50 bits per heavy atom. The molecule has 1 unspecified atom stereocenters. The maximum Gasteiger partial charge on any atom is 0.320 e.